The fourth-order valence-corrected chi connectivity index (χ4v) is 2.24. The van der Waals surface area contributed by atoms with Crippen LogP contribution in [-0.2, 0) is 9.59 Å². The van der Waals surface area contributed by atoms with Gasteiger partial charge in [0.2, 0.25) is 0 Å². The Hall–Kier alpha value is -2.80. The highest BCUT2D eigenvalue weighted by molar-refractivity contribution is 5.93. The van der Waals surface area contributed by atoms with Crippen LogP contribution in [0.3, 0.4) is 0 Å². The van der Waals surface area contributed by atoms with E-state index in [0.29, 0.717) is 10.6 Å². The number of aryl methyl sites for hydroxylation is 1. The zero-order chi connectivity index (χ0) is 18.4. The molecule has 0 bridgehead atoms. The SMILES string of the molecule is Cc1ccc(NC(=O)C[NH+](C)CC(=O)Nc2cc(F)ccc2F)cc1. The van der Waals surface area contributed by atoms with E-state index in [-0.39, 0.29) is 24.7 Å². The molecule has 1 atom stereocenters. The Bertz CT molecular complexity index is 763. The predicted molar refractivity (Wildman–Crippen MR) is 91.4 cm³/mol. The van der Waals surface area contributed by atoms with Gasteiger partial charge < -0.3 is 15.5 Å². The number of carbonyl (C=O) groups is 2. The highest BCUT2D eigenvalue weighted by Gasteiger charge is 2.16. The van der Waals surface area contributed by atoms with Gasteiger partial charge in [-0.05, 0) is 31.2 Å². The molecular weight excluding hydrogens is 328 g/mol. The van der Waals surface area contributed by atoms with Gasteiger partial charge in [-0.2, -0.15) is 0 Å². The minimum atomic E-state index is -0.718. The van der Waals surface area contributed by atoms with Crippen LogP contribution in [0.15, 0.2) is 42.5 Å². The molecule has 0 heterocycles. The summed E-state index contributed by atoms with van der Waals surface area (Å²) in [6, 6.07) is 10.2. The van der Waals surface area contributed by atoms with Crippen LogP contribution in [0, 0.1) is 18.6 Å². The van der Waals surface area contributed by atoms with Crippen molar-refractivity contribution in [3.05, 3.63) is 59.7 Å². The summed E-state index contributed by atoms with van der Waals surface area (Å²) in [6.07, 6.45) is 0. The van der Waals surface area contributed by atoms with E-state index in [4.69, 9.17) is 0 Å². The summed E-state index contributed by atoms with van der Waals surface area (Å²) < 4.78 is 26.6. The topological polar surface area (TPSA) is 62.6 Å². The molecule has 2 rings (SSSR count). The van der Waals surface area contributed by atoms with Gasteiger partial charge in [0, 0.05) is 11.8 Å². The number of likely N-dealkylation sites (N-methyl/N-ethyl adjacent to an activating group) is 1. The predicted octanol–water partition coefficient (Wildman–Crippen LogP) is 1.37. The van der Waals surface area contributed by atoms with Crippen molar-refractivity contribution in [3.63, 3.8) is 0 Å². The van der Waals surface area contributed by atoms with Crippen LogP contribution in [-0.4, -0.2) is 32.0 Å². The van der Waals surface area contributed by atoms with E-state index < -0.39 is 17.5 Å². The van der Waals surface area contributed by atoms with Gasteiger partial charge in [0.05, 0.1) is 12.7 Å². The van der Waals surface area contributed by atoms with Crippen LogP contribution in [0.2, 0.25) is 0 Å². The van der Waals surface area contributed by atoms with E-state index in [1.165, 1.54) is 0 Å². The summed E-state index contributed by atoms with van der Waals surface area (Å²) in [7, 11) is 1.66. The van der Waals surface area contributed by atoms with Crippen molar-refractivity contribution in [2.24, 2.45) is 0 Å². The Morgan fingerprint density at radius 3 is 2.20 bits per heavy atom. The summed E-state index contributed by atoms with van der Waals surface area (Å²) in [5, 5.41) is 5.04. The molecule has 0 fully saturated rings. The second-order valence-electron chi connectivity index (χ2n) is 5.90. The molecule has 0 spiro atoms. The number of nitrogens with one attached hydrogen (secondary N) is 3. The molecule has 2 aromatic rings. The zero-order valence-electron chi connectivity index (χ0n) is 14.0. The van der Waals surface area contributed by atoms with Crippen LogP contribution in [0.25, 0.3) is 0 Å². The molecule has 0 aromatic heterocycles. The van der Waals surface area contributed by atoms with E-state index in [1.54, 1.807) is 19.2 Å². The summed E-state index contributed by atoms with van der Waals surface area (Å²) >= 11 is 0. The average Bonchev–Trinajstić information content (AvgIpc) is 2.52. The standard InChI is InChI=1S/C18H19F2N3O2/c1-12-3-6-14(7-4-12)21-17(24)10-23(2)11-18(25)22-16-9-13(19)5-8-15(16)20/h3-9H,10-11H2,1-2H3,(H,21,24)(H,22,25)/p+1. The third kappa shape index (κ3) is 5.96. The lowest BCUT2D eigenvalue weighted by molar-refractivity contribution is -0.862. The van der Waals surface area contributed by atoms with Crippen molar-refractivity contribution < 1.29 is 23.3 Å². The second-order valence-corrected chi connectivity index (χ2v) is 5.90. The molecule has 1 unspecified atom stereocenters. The fourth-order valence-electron chi connectivity index (χ4n) is 2.24. The molecule has 0 aliphatic rings. The molecule has 7 heteroatoms. The second kappa shape index (κ2) is 8.34. The molecule has 2 amide bonds. The molecule has 0 saturated carbocycles. The van der Waals surface area contributed by atoms with Crippen molar-refractivity contribution in [3.8, 4) is 0 Å². The molecule has 0 aliphatic heterocycles. The number of amides is 2. The third-order valence-corrected chi connectivity index (χ3v) is 3.46. The van der Waals surface area contributed by atoms with Crippen molar-refractivity contribution in [2.75, 3.05) is 30.8 Å². The Morgan fingerprint density at radius 2 is 1.56 bits per heavy atom. The first-order valence-corrected chi connectivity index (χ1v) is 7.76. The molecule has 0 radical (unpaired) electrons. The van der Waals surface area contributed by atoms with E-state index >= 15 is 0 Å². The Kier molecular flexibility index (Phi) is 6.19. The molecule has 132 valence electrons. The van der Waals surface area contributed by atoms with E-state index in [1.807, 2.05) is 19.1 Å². The molecule has 5 nitrogen and oxygen atoms in total. The maximum Gasteiger partial charge on any atom is 0.279 e. The van der Waals surface area contributed by atoms with E-state index in [2.05, 4.69) is 10.6 Å². The first-order chi connectivity index (χ1) is 11.8. The lowest BCUT2D eigenvalue weighted by atomic mass is 10.2. The van der Waals surface area contributed by atoms with Crippen molar-refractivity contribution in [1.29, 1.82) is 0 Å². The number of hydrogen-bond donors (Lipinski definition) is 3. The van der Waals surface area contributed by atoms with Gasteiger partial charge in [0.15, 0.2) is 13.1 Å². The minimum Gasteiger partial charge on any atom is -0.322 e. The zero-order valence-corrected chi connectivity index (χ0v) is 14.0. The first-order valence-electron chi connectivity index (χ1n) is 7.76. The van der Waals surface area contributed by atoms with Crippen molar-refractivity contribution in [1.82, 2.24) is 0 Å². The van der Waals surface area contributed by atoms with Gasteiger partial charge in [-0.25, -0.2) is 8.78 Å². The van der Waals surface area contributed by atoms with Crippen molar-refractivity contribution in [2.45, 2.75) is 6.92 Å². The van der Waals surface area contributed by atoms with Gasteiger partial charge >= 0.3 is 0 Å². The molecule has 0 saturated heterocycles. The average molecular weight is 348 g/mol. The Labute approximate surface area is 144 Å². The number of benzene rings is 2. The lowest BCUT2D eigenvalue weighted by Crippen LogP contribution is -3.11. The number of carbonyl (C=O) groups excluding carboxylic acids is 2. The van der Waals surface area contributed by atoms with Gasteiger partial charge in [-0.1, -0.05) is 17.7 Å². The maximum absolute atomic E-state index is 13.5. The van der Waals surface area contributed by atoms with Gasteiger partial charge in [-0.3, -0.25) is 9.59 Å². The van der Waals surface area contributed by atoms with Gasteiger partial charge in [0.1, 0.15) is 11.6 Å². The Morgan fingerprint density at radius 1 is 0.960 bits per heavy atom. The Balaban J connectivity index is 1.83. The molecule has 0 aliphatic carbocycles. The monoisotopic (exact) mass is 348 g/mol. The molecular formula is C18H20F2N3O2+. The lowest BCUT2D eigenvalue weighted by Gasteiger charge is -2.14. The quantitative estimate of drug-likeness (QED) is 0.738. The van der Waals surface area contributed by atoms with Crippen molar-refractivity contribution >= 4 is 23.2 Å². The van der Waals surface area contributed by atoms with Crippen LogP contribution < -0.4 is 15.5 Å². The molecule has 25 heavy (non-hydrogen) atoms. The smallest absolute Gasteiger partial charge is 0.279 e. The first kappa shape index (κ1) is 18.5. The summed E-state index contributed by atoms with van der Waals surface area (Å²) in [5.74, 6) is -2.12. The largest absolute Gasteiger partial charge is 0.322 e. The number of quaternary nitrogens is 1. The molecule has 2 aromatic carbocycles. The summed E-state index contributed by atoms with van der Waals surface area (Å²) in [5.41, 5.74) is 1.54. The van der Waals surface area contributed by atoms with E-state index in [9.17, 15) is 18.4 Å². The summed E-state index contributed by atoms with van der Waals surface area (Å²) in [6.45, 7) is 1.95. The van der Waals surface area contributed by atoms with Gasteiger partial charge in [0.25, 0.3) is 11.8 Å². The fraction of sp³-hybridized carbons (Fsp3) is 0.222. The highest BCUT2D eigenvalue weighted by atomic mass is 19.1. The van der Waals surface area contributed by atoms with Gasteiger partial charge in [-0.15, -0.1) is 0 Å². The highest BCUT2D eigenvalue weighted by Crippen LogP contribution is 2.14. The number of halogens is 2. The minimum absolute atomic E-state index is 0.0583. The summed E-state index contributed by atoms with van der Waals surface area (Å²) in [4.78, 5) is 24.5. The third-order valence-electron chi connectivity index (χ3n) is 3.46. The number of rotatable bonds is 6. The number of hydrogen-bond acceptors (Lipinski definition) is 2. The maximum atomic E-state index is 13.5. The normalized spacial score (nSPS) is 11.7. The van der Waals surface area contributed by atoms with Crippen LogP contribution in [0.4, 0.5) is 20.2 Å². The molecule has 3 N–H and O–H groups in total. The van der Waals surface area contributed by atoms with E-state index in [0.717, 1.165) is 23.8 Å². The van der Waals surface area contributed by atoms with Crippen LogP contribution in [0.5, 0.6) is 0 Å². The van der Waals surface area contributed by atoms with Crippen LogP contribution in [0.1, 0.15) is 5.56 Å². The number of anilines is 2. The van der Waals surface area contributed by atoms with Crippen LogP contribution >= 0.6 is 0 Å².